The SMILES string of the molecule is CC1Cc2ccc(-c3ccsc3)cc2C1. The fourth-order valence-corrected chi connectivity index (χ4v) is 3.11. The molecule has 1 atom stereocenters. The molecular weight excluding hydrogens is 200 g/mol. The van der Waals surface area contributed by atoms with Crippen molar-refractivity contribution in [1.82, 2.24) is 0 Å². The molecule has 1 heterocycles. The van der Waals surface area contributed by atoms with E-state index in [0.29, 0.717) is 0 Å². The Balaban J connectivity index is 2.04. The van der Waals surface area contributed by atoms with Gasteiger partial charge in [-0.25, -0.2) is 0 Å². The van der Waals surface area contributed by atoms with Crippen LogP contribution >= 0.6 is 11.3 Å². The zero-order valence-electron chi connectivity index (χ0n) is 8.86. The second-order valence-corrected chi connectivity index (χ2v) is 5.29. The van der Waals surface area contributed by atoms with Crippen LogP contribution < -0.4 is 0 Å². The van der Waals surface area contributed by atoms with E-state index in [1.54, 1.807) is 22.5 Å². The molecule has 1 aromatic heterocycles. The number of hydrogen-bond donors (Lipinski definition) is 0. The van der Waals surface area contributed by atoms with Crippen molar-refractivity contribution in [2.24, 2.45) is 5.92 Å². The van der Waals surface area contributed by atoms with Gasteiger partial charge in [-0.3, -0.25) is 0 Å². The molecule has 0 radical (unpaired) electrons. The summed E-state index contributed by atoms with van der Waals surface area (Å²) in [5, 5.41) is 4.37. The Hall–Kier alpha value is -1.08. The molecule has 1 aliphatic carbocycles. The molecule has 15 heavy (non-hydrogen) atoms. The van der Waals surface area contributed by atoms with E-state index >= 15 is 0 Å². The molecule has 0 aliphatic heterocycles. The summed E-state index contributed by atoms with van der Waals surface area (Å²) in [4.78, 5) is 0. The lowest BCUT2D eigenvalue weighted by Crippen LogP contribution is -1.89. The summed E-state index contributed by atoms with van der Waals surface area (Å²) in [6.07, 6.45) is 2.52. The van der Waals surface area contributed by atoms with Gasteiger partial charge >= 0.3 is 0 Å². The Morgan fingerprint density at radius 1 is 1.07 bits per heavy atom. The number of benzene rings is 1. The molecular formula is C14H14S. The summed E-state index contributed by atoms with van der Waals surface area (Å²) in [5.74, 6) is 0.831. The smallest absolute Gasteiger partial charge is 0.00147 e. The average molecular weight is 214 g/mol. The molecule has 3 rings (SSSR count). The molecule has 1 heteroatoms. The van der Waals surface area contributed by atoms with Crippen molar-refractivity contribution in [1.29, 1.82) is 0 Å². The number of rotatable bonds is 1. The Morgan fingerprint density at radius 2 is 1.93 bits per heavy atom. The van der Waals surface area contributed by atoms with Crippen molar-refractivity contribution in [3.63, 3.8) is 0 Å². The third-order valence-electron chi connectivity index (χ3n) is 3.20. The molecule has 0 spiro atoms. The number of fused-ring (bicyclic) bond motifs is 1. The second kappa shape index (κ2) is 3.49. The average Bonchev–Trinajstić information content (AvgIpc) is 2.82. The molecule has 76 valence electrons. The standard InChI is InChI=1S/C14H14S/c1-10-6-11-2-3-12(8-14(11)7-10)13-4-5-15-9-13/h2-5,8-10H,6-7H2,1H3. The molecule has 0 saturated carbocycles. The zero-order chi connectivity index (χ0) is 10.3. The van der Waals surface area contributed by atoms with E-state index in [2.05, 4.69) is 41.9 Å². The van der Waals surface area contributed by atoms with Gasteiger partial charge in [0, 0.05) is 0 Å². The van der Waals surface area contributed by atoms with E-state index in [1.807, 2.05) is 0 Å². The first kappa shape index (κ1) is 9.17. The highest BCUT2D eigenvalue weighted by Gasteiger charge is 2.17. The van der Waals surface area contributed by atoms with Crippen molar-refractivity contribution < 1.29 is 0 Å². The summed E-state index contributed by atoms with van der Waals surface area (Å²) >= 11 is 1.77. The first-order valence-corrected chi connectivity index (χ1v) is 6.41. The molecule has 0 nitrogen and oxygen atoms in total. The van der Waals surface area contributed by atoms with Crippen LogP contribution in [0.1, 0.15) is 18.1 Å². The van der Waals surface area contributed by atoms with Crippen LogP contribution in [0.5, 0.6) is 0 Å². The number of thiophene rings is 1. The minimum Gasteiger partial charge on any atom is -0.152 e. The Labute approximate surface area is 94.6 Å². The van der Waals surface area contributed by atoms with Crippen LogP contribution in [0.4, 0.5) is 0 Å². The van der Waals surface area contributed by atoms with E-state index in [1.165, 1.54) is 24.0 Å². The molecule has 1 aliphatic rings. The largest absolute Gasteiger partial charge is 0.152 e. The Morgan fingerprint density at radius 3 is 2.73 bits per heavy atom. The number of hydrogen-bond acceptors (Lipinski definition) is 1. The van der Waals surface area contributed by atoms with Gasteiger partial charge in [-0.15, -0.1) is 0 Å². The quantitative estimate of drug-likeness (QED) is 0.669. The molecule has 2 aromatic rings. The maximum absolute atomic E-state index is 2.38. The van der Waals surface area contributed by atoms with E-state index < -0.39 is 0 Å². The summed E-state index contributed by atoms with van der Waals surface area (Å²) < 4.78 is 0. The highest BCUT2D eigenvalue weighted by Crippen LogP contribution is 2.31. The van der Waals surface area contributed by atoms with Crippen LogP contribution in [0.25, 0.3) is 11.1 Å². The van der Waals surface area contributed by atoms with Gasteiger partial charge in [0.1, 0.15) is 0 Å². The van der Waals surface area contributed by atoms with E-state index in [0.717, 1.165) is 5.92 Å². The second-order valence-electron chi connectivity index (χ2n) is 4.51. The van der Waals surface area contributed by atoms with Crippen LogP contribution in [0, 0.1) is 5.92 Å². The maximum atomic E-state index is 2.38. The topological polar surface area (TPSA) is 0 Å². The molecule has 0 saturated heterocycles. The van der Waals surface area contributed by atoms with Gasteiger partial charge in [0.15, 0.2) is 0 Å². The molecule has 0 amide bonds. The summed E-state index contributed by atoms with van der Waals surface area (Å²) in [5.41, 5.74) is 5.86. The van der Waals surface area contributed by atoms with E-state index in [9.17, 15) is 0 Å². The Kier molecular flexibility index (Phi) is 2.14. The summed E-state index contributed by atoms with van der Waals surface area (Å²) in [6, 6.07) is 9.15. The normalized spacial score (nSPS) is 19.1. The van der Waals surface area contributed by atoms with Gasteiger partial charge in [0.2, 0.25) is 0 Å². The van der Waals surface area contributed by atoms with Crippen molar-refractivity contribution in [2.75, 3.05) is 0 Å². The van der Waals surface area contributed by atoms with Crippen LogP contribution in [-0.2, 0) is 12.8 Å². The van der Waals surface area contributed by atoms with Gasteiger partial charge in [-0.2, -0.15) is 11.3 Å². The van der Waals surface area contributed by atoms with Gasteiger partial charge in [0.05, 0.1) is 0 Å². The minimum atomic E-state index is 0.831. The first-order valence-electron chi connectivity index (χ1n) is 5.47. The minimum absolute atomic E-state index is 0.831. The van der Waals surface area contributed by atoms with Gasteiger partial charge in [-0.05, 0) is 57.8 Å². The third-order valence-corrected chi connectivity index (χ3v) is 3.88. The highest BCUT2D eigenvalue weighted by atomic mass is 32.1. The van der Waals surface area contributed by atoms with Gasteiger partial charge in [-0.1, -0.05) is 25.1 Å². The lowest BCUT2D eigenvalue weighted by molar-refractivity contribution is 0.628. The summed E-state index contributed by atoms with van der Waals surface area (Å²) in [7, 11) is 0. The summed E-state index contributed by atoms with van der Waals surface area (Å²) in [6.45, 7) is 2.34. The van der Waals surface area contributed by atoms with Crippen LogP contribution in [0.2, 0.25) is 0 Å². The fraction of sp³-hybridized carbons (Fsp3) is 0.286. The molecule has 0 N–H and O–H groups in total. The predicted octanol–water partition coefficient (Wildman–Crippen LogP) is 4.15. The maximum Gasteiger partial charge on any atom is -0.00147 e. The predicted molar refractivity (Wildman–Crippen MR) is 66.3 cm³/mol. The third kappa shape index (κ3) is 1.61. The monoisotopic (exact) mass is 214 g/mol. The van der Waals surface area contributed by atoms with Crippen molar-refractivity contribution in [3.8, 4) is 11.1 Å². The fourth-order valence-electron chi connectivity index (χ4n) is 2.45. The molecule has 1 unspecified atom stereocenters. The highest BCUT2D eigenvalue weighted by molar-refractivity contribution is 7.08. The van der Waals surface area contributed by atoms with E-state index in [-0.39, 0.29) is 0 Å². The molecule has 0 bridgehead atoms. The first-order chi connectivity index (χ1) is 7.33. The molecule has 1 aromatic carbocycles. The van der Waals surface area contributed by atoms with Gasteiger partial charge in [0.25, 0.3) is 0 Å². The van der Waals surface area contributed by atoms with Crippen LogP contribution in [-0.4, -0.2) is 0 Å². The lowest BCUT2D eigenvalue weighted by atomic mass is 10.0. The van der Waals surface area contributed by atoms with Crippen LogP contribution in [0.3, 0.4) is 0 Å². The Bertz CT molecular complexity index is 468. The van der Waals surface area contributed by atoms with Crippen LogP contribution in [0.15, 0.2) is 35.0 Å². The molecule has 0 fully saturated rings. The van der Waals surface area contributed by atoms with E-state index in [4.69, 9.17) is 0 Å². The lowest BCUT2D eigenvalue weighted by Gasteiger charge is -2.02. The van der Waals surface area contributed by atoms with Crippen molar-refractivity contribution in [2.45, 2.75) is 19.8 Å². The van der Waals surface area contributed by atoms with Crippen molar-refractivity contribution in [3.05, 3.63) is 46.2 Å². The van der Waals surface area contributed by atoms with Crippen molar-refractivity contribution >= 4 is 11.3 Å². The van der Waals surface area contributed by atoms with Gasteiger partial charge < -0.3 is 0 Å². The zero-order valence-corrected chi connectivity index (χ0v) is 9.68.